The van der Waals surface area contributed by atoms with Gasteiger partial charge >= 0.3 is 23.1 Å². The first-order valence-corrected chi connectivity index (χ1v) is 13.5. The van der Waals surface area contributed by atoms with Gasteiger partial charge in [-0.15, -0.1) is 11.6 Å². The van der Waals surface area contributed by atoms with Gasteiger partial charge in [-0.25, -0.2) is 0 Å². The van der Waals surface area contributed by atoms with Crippen LogP contribution in [0.1, 0.15) is 78.7 Å². The molecule has 0 spiro atoms. The number of hydrogen-bond acceptors (Lipinski definition) is 1. The monoisotopic (exact) mass is 472 g/mol. The van der Waals surface area contributed by atoms with Gasteiger partial charge in [-0.2, -0.15) is 18.2 Å². The Labute approximate surface area is 200 Å². The van der Waals surface area contributed by atoms with E-state index in [1.165, 1.54) is 49.8 Å². The minimum Gasteiger partial charge on any atom is -1.00 e. The molecule has 4 aliphatic rings. The van der Waals surface area contributed by atoms with E-state index in [2.05, 4.69) is 72.0 Å². The van der Waals surface area contributed by atoms with Gasteiger partial charge in [0.15, 0.2) is 0 Å². The van der Waals surface area contributed by atoms with Gasteiger partial charge in [0.05, 0.1) is 0 Å². The van der Waals surface area contributed by atoms with Crippen molar-refractivity contribution in [1.29, 1.82) is 0 Å². The standard InChI is InChI=1S/C24H37OSi.BrH.Mg/c1-21(2,3)26(6,7)25-20-11-9-8-10-19(20)24-14-18-12-22(4,16-24)15-23(5,13-18)17-24;;/h9-11,18H,12-17H2,1-7H3;1H;/q-1;;+2/p-1. The maximum atomic E-state index is 6.87. The topological polar surface area (TPSA) is 9.23 Å². The number of hydrogen-bond donors (Lipinski definition) is 0. The minimum atomic E-state index is -1.84. The van der Waals surface area contributed by atoms with Crippen molar-refractivity contribution in [2.45, 2.75) is 96.7 Å². The van der Waals surface area contributed by atoms with Gasteiger partial charge < -0.3 is 21.4 Å². The Bertz CT molecular complexity index is 708. The predicted molar refractivity (Wildman–Crippen MR) is 118 cm³/mol. The number of rotatable bonds is 3. The molecule has 4 saturated carbocycles. The van der Waals surface area contributed by atoms with E-state index in [4.69, 9.17) is 4.43 Å². The summed E-state index contributed by atoms with van der Waals surface area (Å²) in [4.78, 5) is 0. The Hall–Kier alpha value is 0.483. The largest absolute Gasteiger partial charge is 2.00 e. The summed E-state index contributed by atoms with van der Waals surface area (Å²) in [6.45, 7) is 16.9. The zero-order chi connectivity index (χ0) is 19.0. The summed E-state index contributed by atoms with van der Waals surface area (Å²) in [5, 5.41) is 0.225. The summed E-state index contributed by atoms with van der Waals surface area (Å²) in [6.07, 6.45) is 8.37. The van der Waals surface area contributed by atoms with Crippen molar-refractivity contribution in [1.82, 2.24) is 0 Å². The van der Waals surface area contributed by atoms with E-state index in [0.29, 0.717) is 16.2 Å². The molecule has 0 N–H and O–H groups in total. The maximum absolute atomic E-state index is 6.87. The molecule has 4 fully saturated rings. The molecule has 2 unspecified atom stereocenters. The summed E-state index contributed by atoms with van der Waals surface area (Å²) in [5.74, 6) is 2.08. The van der Waals surface area contributed by atoms with Crippen LogP contribution in [0.5, 0.6) is 5.75 Å². The van der Waals surface area contributed by atoms with Gasteiger partial charge in [0, 0.05) is 0 Å². The van der Waals surface area contributed by atoms with Crippen molar-refractivity contribution in [2.75, 3.05) is 0 Å². The van der Waals surface area contributed by atoms with Gasteiger partial charge in [0.2, 0.25) is 8.32 Å². The fraction of sp³-hybridized carbons (Fsp3) is 0.750. The fourth-order valence-electron chi connectivity index (χ4n) is 7.10. The number of halogens is 1. The van der Waals surface area contributed by atoms with Gasteiger partial charge in [0.1, 0.15) is 0 Å². The molecule has 0 amide bonds. The van der Waals surface area contributed by atoms with Crippen molar-refractivity contribution in [3.8, 4) is 5.75 Å². The molecule has 0 radical (unpaired) electrons. The van der Waals surface area contributed by atoms with Crippen LogP contribution in [0, 0.1) is 22.8 Å². The average molecular weight is 474 g/mol. The zero-order valence-electron chi connectivity index (χ0n) is 19.0. The summed E-state index contributed by atoms with van der Waals surface area (Å²) in [6, 6.07) is 9.95. The third kappa shape index (κ3) is 4.14. The predicted octanol–water partition coefficient (Wildman–Crippen LogP) is 3.74. The van der Waals surface area contributed by atoms with Crippen molar-refractivity contribution in [3.05, 3.63) is 29.8 Å². The van der Waals surface area contributed by atoms with Crippen LogP contribution >= 0.6 is 0 Å². The quantitative estimate of drug-likeness (QED) is 0.480. The van der Waals surface area contributed by atoms with Crippen molar-refractivity contribution in [3.63, 3.8) is 0 Å². The van der Waals surface area contributed by atoms with Crippen molar-refractivity contribution in [2.24, 2.45) is 16.7 Å². The van der Waals surface area contributed by atoms with Gasteiger partial charge in [-0.3, -0.25) is 0 Å². The molecule has 4 bridgehead atoms. The Balaban J connectivity index is 0.00000140. The van der Waals surface area contributed by atoms with E-state index in [9.17, 15) is 0 Å². The number of benzene rings is 1. The molecule has 0 saturated heterocycles. The zero-order valence-corrected chi connectivity index (χ0v) is 23.0. The van der Waals surface area contributed by atoms with Crippen LogP contribution in [0.25, 0.3) is 0 Å². The molecule has 28 heavy (non-hydrogen) atoms. The van der Waals surface area contributed by atoms with E-state index in [1.54, 1.807) is 0 Å². The summed E-state index contributed by atoms with van der Waals surface area (Å²) >= 11 is 0. The molecule has 0 aromatic heterocycles. The molecule has 1 aromatic carbocycles. The average Bonchev–Trinajstić information content (AvgIpc) is 2.42. The normalized spacial score (nSPS) is 36.5. The SMILES string of the molecule is CC12CC3CC(C)(C1)CC(c1c[c-]ccc1O[Si](C)(C)C(C)(C)C)(C3)C2.[Br-].[Mg+2]. The molecule has 152 valence electrons. The molecule has 1 aromatic rings. The van der Waals surface area contributed by atoms with Crippen molar-refractivity contribution < 1.29 is 21.4 Å². The third-order valence-corrected chi connectivity index (χ3v) is 12.5. The van der Waals surface area contributed by atoms with Crippen LogP contribution in [0.15, 0.2) is 18.2 Å². The molecule has 4 aliphatic carbocycles. The molecular weight excluding hydrogens is 437 g/mol. The molecule has 0 heterocycles. The molecule has 0 aliphatic heterocycles. The maximum Gasteiger partial charge on any atom is 2.00 e. The van der Waals surface area contributed by atoms with E-state index in [0.717, 1.165) is 5.92 Å². The van der Waals surface area contributed by atoms with Crippen molar-refractivity contribution >= 4 is 31.4 Å². The van der Waals surface area contributed by atoms with Crippen LogP contribution < -0.4 is 21.4 Å². The fourth-order valence-corrected chi connectivity index (χ4v) is 8.13. The summed E-state index contributed by atoms with van der Waals surface area (Å²) in [7, 11) is -1.84. The van der Waals surface area contributed by atoms with Crippen LogP contribution in [-0.2, 0) is 5.41 Å². The second kappa shape index (κ2) is 7.56. The van der Waals surface area contributed by atoms with E-state index >= 15 is 0 Å². The molecule has 1 nitrogen and oxygen atoms in total. The first-order valence-electron chi connectivity index (χ1n) is 10.6. The molecule has 4 heteroatoms. The van der Waals surface area contributed by atoms with Gasteiger partial charge in [-0.05, 0) is 78.1 Å². The van der Waals surface area contributed by atoms with Crippen LogP contribution in [-0.4, -0.2) is 31.4 Å². The summed E-state index contributed by atoms with van der Waals surface area (Å²) < 4.78 is 6.87. The Morgan fingerprint density at radius 2 is 1.61 bits per heavy atom. The second-order valence-electron chi connectivity index (χ2n) is 12.2. The van der Waals surface area contributed by atoms with Crippen LogP contribution in [0.4, 0.5) is 0 Å². The Morgan fingerprint density at radius 1 is 1.04 bits per heavy atom. The molecule has 5 rings (SSSR count). The van der Waals surface area contributed by atoms with Gasteiger partial charge in [0.25, 0.3) is 0 Å². The third-order valence-electron chi connectivity index (χ3n) is 8.19. The summed E-state index contributed by atoms with van der Waals surface area (Å²) in [5.41, 5.74) is 2.85. The van der Waals surface area contributed by atoms with Gasteiger partial charge in [-0.1, -0.05) is 41.0 Å². The Kier molecular flexibility index (Phi) is 6.69. The Morgan fingerprint density at radius 3 is 2.11 bits per heavy atom. The smallest absolute Gasteiger partial charge is 1.00 e. The van der Waals surface area contributed by atoms with E-state index in [1.807, 2.05) is 0 Å². The first kappa shape index (κ1) is 24.7. The minimum absolute atomic E-state index is 0. The van der Waals surface area contributed by atoms with E-state index in [-0.39, 0.29) is 45.1 Å². The van der Waals surface area contributed by atoms with Crippen LogP contribution in [0.3, 0.4) is 0 Å². The molecular formula is C24H37BrMgOSi. The molecule has 2 atom stereocenters. The second-order valence-corrected chi connectivity index (χ2v) is 16.9. The van der Waals surface area contributed by atoms with E-state index < -0.39 is 8.32 Å². The first-order chi connectivity index (χ1) is 11.9. The van der Waals surface area contributed by atoms with Crippen LogP contribution in [0.2, 0.25) is 18.1 Å².